The van der Waals surface area contributed by atoms with Gasteiger partial charge in [-0.1, -0.05) is 0 Å². The number of aromatic carboxylic acids is 1. The Bertz CT molecular complexity index is 929. The topological polar surface area (TPSA) is 123 Å². The minimum absolute atomic E-state index is 0.0379. The van der Waals surface area contributed by atoms with Gasteiger partial charge in [0.15, 0.2) is 23.0 Å². The Kier molecular flexibility index (Phi) is 3.67. The summed E-state index contributed by atoms with van der Waals surface area (Å²) in [6.07, 6.45) is 0. The van der Waals surface area contributed by atoms with Crippen molar-refractivity contribution in [2.75, 3.05) is 7.11 Å². The fourth-order valence-corrected chi connectivity index (χ4v) is 2.72. The molecule has 0 spiro atoms. The van der Waals surface area contributed by atoms with Crippen LogP contribution in [0.15, 0.2) is 12.1 Å². The second kappa shape index (κ2) is 5.59. The summed E-state index contributed by atoms with van der Waals surface area (Å²) in [6.45, 7) is 3.04. The fourth-order valence-electron chi connectivity index (χ4n) is 2.72. The van der Waals surface area contributed by atoms with Crippen LogP contribution in [-0.2, 0) is 0 Å². The van der Waals surface area contributed by atoms with E-state index in [4.69, 9.17) is 14.2 Å². The van der Waals surface area contributed by atoms with Gasteiger partial charge in [0.25, 0.3) is 0 Å². The number of fused-ring (bicyclic) bond motifs is 2. The molecule has 0 saturated carbocycles. The van der Waals surface area contributed by atoms with Crippen LogP contribution in [0.2, 0.25) is 0 Å². The molecule has 0 aliphatic carbocycles. The van der Waals surface area contributed by atoms with Crippen LogP contribution in [0.4, 0.5) is 0 Å². The number of esters is 1. The van der Waals surface area contributed by atoms with E-state index in [2.05, 4.69) is 0 Å². The molecule has 3 rings (SSSR count). The lowest BCUT2D eigenvalue weighted by atomic mass is 10.1. The molecule has 8 heteroatoms. The van der Waals surface area contributed by atoms with E-state index in [0.29, 0.717) is 5.56 Å². The van der Waals surface area contributed by atoms with Gasteiger partial charge in [-0.25, -0.2) is 9.59 Å². The molecule has 3 N–H and O–H groups in total. The average Bonchev–Trinajstić information content (AvgIpc) is 2.68. The number of carbonyl (C=O) groups is 2. The van der Waals surface area contributed by atoms with Gasteiger partial charge >= 0.3 is 11.9 Å². The lowest BCUT2D eigenvalue weighted by molar-refractivity contribution is 0.0686. The van der Waals surface area contributed by atoms with E-state index in [0.717, 1.165) is 6.07 Å². The Morgan fingerprint density at radius 1 is 1.12 bits per heavy atom. The lowest BCUT2D eigenvalue weighted by Crippen LogP contribution is -2.10. The van der Waals surface area contributed by atoms with E-state index in [-0.39, 0.29) is 39.7 Å². The molecule has 0 saturated heterocycles. The molecular weight excluding hydrogens is 332 g/mol. The molecule has 0 aromatic heterocycles. The second-order valence-electron chi connectivity index (χ2n) is 5.47. The highest BCUT2D eigenvalue weighted by Crippen LogP contribution is 2.51. The lowest BCUT2D eigenvalue weighted by Gasteiger charge is -2.16. The number of carbonyl (C=O) groups excluding carboxylic acids is 1. The number of carboxylic acid groups (broad SMARTS) is 1. The number of aromatic hydroxyl groups is 2. The Labute approximate surface area is 141 Å². The molecule has 1 heterocycles. The van der Waals surface area contributed by atoms with Crippen LogP contribution in [0.25, 0.3) is 0 Å². The van der Waals surface area contributed by atoms with Gasteiger partial charge in [-0.05, 0) is 31.5 Å². The number of hydrogen-bond acceptors (Lipinski definition) is 7. The third-order valence-corrected chi connectivity index (χ3v) is 3.93. The predicted octanol–water partition coefficient (Wildman–Crippen LogP) is 2.75. The van der Waals surface area contributed by atoms with E-state index in [9.17, 15) is 24.9 Å². The van der Waals surface area contributed by atoms with Crippen LogP contribution in [-0.4, -0.2) is 34.4 Å². The van der Waals surface area contributed by atoms with Crippen LogP contribution in [0.3, 0.4) is 0 Å². The van der Waals surface area contributed by atoms with Crippen molar-refractivity contribution in [1.29, 1.82) is 0 Å². The minimum atomic E-state index is -1.23. The van der Waals surface area contributed by atoms with Crippen molar-refractivity contribution < 1.29 is 39.1 Å². The van der Waals surface area contributed by atoms with Gasteiger partial charge in [0, 0.05) is 5.56 Å². The number of hydrogen-bond donors (Lipinski definition) is 3. The molecule has 0 radical (unpaired) electrons. The minimum Gasteiger partial charge on any atom is -0.504 e. The molecule has 130 valence electrons. The van der Waals surface area contributed by atoms with E-state index in [1.165, 1.54) is 27.0 Å². The normalized spacial score (nSPS) is 12.4. The Morgan fingerprint density at radius 2 is 1.80 bits per heavy atom. The quantitative estimate of drug-likeness (QED) is 0.431. The van der Waals surface area contributed by atoms with Crippen molar-refractivity contribution in [2.24, 2.45) is 0 Å². The molecule has 8 nitrogen and oxygen atoms in total. The number of aryl methyl sites for hydroxylation is 1. The molecule has 2 aromatic rings. The Morgan fingerprint density at radius 3 is 2.40 bits per heavy atom. The molecule has 1 aliphatic heterocycles. The first-order valence-electron chi connectivity index (χ1n) is 7.16. The summed E-state index contributed by atoms with van der Waals surface area (Å²) in [7, 11) is 1.30. The summed E-state index contributed by atoms with van der Waals surface area (Å²) in [5.74, 6) is -3.68. The molecule has 0 bridgehead atoms. The van der Waals surface area contributed by atoms with Crippen LogP contribution in [0.5, 0.6) is 34.5 Å². The highest BCUT2D eigenvalue weighted by molar-refractivity contribution is 5.99. The van der Waals surface area contributed by atoms with Crippen LogP contribution in [0, 0.1) is 13.8 Å². The largest absolute Gasteiger partial charge is 0.504 e. The van der Waals surface area contributed by atoms with E-state index >= 15 is 0 Å². The number of phenolic OH excluding ortho intramolecular Hbond substituents is 2. The zero-order valence-corrected chi connectivity index (χ0v) is 13.5. The summed E-state index contributed by atoms with van der Waals surface area (Å²) >= 11 is 0. The van der Waals surface area contributed by atoms with Gasteiger partial charge < -0.3 is 29.5 Å². The summed E-state index contributed by atoms with van der Waals surface area (Å²) in [6, 6.07) is 2.34. The number of rotatable bonds is 2. The monoisotopic (exact) mass is 346 g/mol. The number of methoxy groups -OCH3 is 1. The van der Waals surface area contributed by atoms with Crippen molar-refractivity contribution in [1.82, 2.24) is 0 Å². The zero-order valence-electron chi connectivity index (χ0n) is 13.5. The summed E-state index contributed by atoms with van der Waals surface area (Å²) < 4.78 is 16.1. The Balaban J connectivity index is 2.34. The van der Waals surface area contributed by atoms with E-state index < -0.39 is 23.4 Å². The molecular formula is C17H14O8. The van der Waals surface area contributed by atoms with Gasteiger partial charge in [0.2, 0.25) is 11.5 Å². The molecule has 0 fully saturated rings. The highest BCUT2D eigenvalue weighted by Gasteiger charge is 2.33. The maximum Gasteiger partial charge on any atom is 0.347 e. The molecule has 1 aliphatic rings. The molecule has 0 amide bonds. The van der Waals surface area contributed by atoms with Crippen molar-refractivity contribution in [3.8, 4) is 34.5 Å². The third kappa shape index (κ3) is 2.38. The smallest absolute Gasteiger partial charge is 0.347 e. The van der Waals surface area contributed by atoms with Crippen LogP contribution in [0.1, 0.15) is 31.8 Å². The van der Waals surface area contributed by atoms with Crippen LogP contribution < -0.4 is 14.2 Å². The average molecular weight is 346 g/mol. The van der Waals surface area contributed by atoms with Crippen molar-refractivity contribution in [3.05, 3.63) is 34.4 Å². The van der Waals surface area contributed by atoms with Gasteiger partial charge in [-0.15, -0.1) is 0 Å². The van der Waals surface area contributed by atoms with Crippen molar-refractivity contribution in [3.63, 3.8) is 0 Å². The number of ether oxygens (including phenoxy) is 3. The van der Waals surface area contributed by atoms with Gasteiger partial charge in [0.1, 0.15) is 5.56 Å². The summed E-state index contributed by atoms with van der Waals surface area (Å²) in [5.41, 5.74) is 0.367. The Hall–Kier alpha value is -3.42. The van der Waals surface area contributed by atoms with E-state index in [1.54, 1.807) is 0 Å². The number of phenols is 2. The number of carboxylic acids is 1. The van der Waals surface area contributed by atoms with Gasteiger partial charge in [-0.3, -0.25) is 0 Å². The first-order valence-corrected chi connectivity index (χ1v) is 7.16. The standard InChI is InChI=1S/C17H14O8/c1-6-4-9(18)12(19)15-11(6)17(22)24-10-5-8(16(20)21)7(2)13(23-3)14(10)25-15/h4-5,18-19H,1-3H3,(H,20,21). The first-order chi connectivity index (χ1) is 11.8. The van der Waals surface area contributed by atoms with Gasteiger partial charge in [-0.2, -0.15) is 0 Å². The summed E-state index contributed by atoms with van der Waals surface area (Å²) in [4.78, 5) is 23.8. The first kappa shape index (κ1) is 16.4. The highest BCUT2D eigenvalue weighted by atomic mass is 16.6. The van der Waals surface area contributed by atoms with Gasteiger partial charge in [0.05, 0.1) is 12.7 Å². The zero-order chi connectivity index (χ0) is 18.5. The van der Waals surface area contributed by atoms with Crippen LogP contribution >= 0.6 is 0 Å². The fraction of sp³-hybridized carbons (Fsp3) is 0.176. The SMILES string of the molecule is COc1c(C)c(C(=O)O)cc2c1Oc1c(O)c(O)cc(C)c1C(=O)O2. The van der Waals surface area contributed by atoms with E-state index in [1.807, 2.05) is 0 Å². The molecule has 2 aromatic carbocycles. The molecule has 0 unspecified atom stereocenters. The number of benzene rings is 2. The van der Waals surface area contributed by atoms with Crippen molar-refractivity contribution >= 4 is 11.9 Å². The maximum atomic E-state index is 12.4. The molecule has 25 heavy (non-hydrogen) atoms. The predicted molar refractivity (Wildman–Crippen MR) is 84.2 cm³/mol. The summed E-state index contributed by atoms with van der Waals surface area (Å²) in [5, 5.41) is 29.2. The third-order valence-electron chi connectivity index (χ3n) is 3.93. The maximum absolute atomic E-state index is 12.4. The molecule has 0 atom stereocenters. The van der Waals surface area contributed by atoms with Crippen molar-refractivity contribution in [2.45, 2.75) is 13.8 Å². The second-order valence-corrected chi connectivity index (χ2v) is 5.47.